The predicted octanol–water partition coefficient (Wildman–Crippen LogP) is 16.5. The number of nitriles is 2. The van der Waals surface area contributed by atoms with E-state index in [0.29, 0.717) is 58.7 Å². The lowest BCUT2D eigenvalue weighted by atomic mass is 9.79. The van der Waals surface area contributed by atoms with Gasteiger partial charge in [0, 0.05) is 30.1 Å². The number of aliphatic hydroxyl groups excluding tert-OH is 1. The summed E-state index contributed by atoms with van der Waals surface area (Å²) in [6.45, 7) is 41.7. The van der Waals surface area contributed by atoms with Crippen LogP contribution in [0.5, 0.6) is 23.0 Å². The number of H-pyrrole nitrogens is 2. The van der Waals surface area contributed by atoms with Crippen LogP contribution in [-0.2, 0) is 72.8 Å². The van der Waals surface area contributed by atoms with E-state index in [1.807, 2.05) is 185 Å². The maximum absolute atomic E-state index is 13.9. The number of rotatable bonds is 41. The Morgan fingerprint density at radius 2 is 0.872 bits per heavy atom. The number of carbonyl (C=O) groups excluding carboxylic acids is 4. The van der Waals surface area contributed by atoms with E-state index in [1.165, 1.54) is 17.2 Å². The molecule has 10 aromatic rings. The Balaban J connectivity index is 0.000000209. The van der Waals surface area contributed by atoms with Crippen LogP contribution in [0.1, 0.15) is 190 Å². The fourth-order valence-corrected chi connectivity index (χ4v) is 24.7. The minimum Gasteiger partial charge on any atom is -0.497 e. The van der Waals surface area contributed by atoms with Gasteiger partial charge in [-0.05, 0) is 197 Å². The van der Waals surface area contributed by atoms with E-state index in [9.17, 15) is 39.1 Å². The average Bonchev–Trinajstić information content (AvgIpc) is 1.58. The summed E-state index contributed by atoms with van der Waals surface area (Å²) >= 11 is 0. The van der Waals surface area contributed by atoms with E-state index in [1.54, 1.807) is 81.5 Å². The molecule has 0 spiro atoms. The molecule has 4 aromatic heterocycles. The first-order valence-corrected chi connectivity index (χ1v) is 50.5. The van der Waals surface area contributed by atoms with Gasteiger partial charge in [0.1, 0.15) is 95.5 Å². The molecule has 2 amide bonds. The fourth-order valence-electron chi connectivity index (χ4n) is 18.8. The van der Waals surface area contributed by atoms with Crippen LogP contribution in [0.25, 0.3) is 22.3 Å². The minimum atomic E-state index is -1.79. The number of anilines is 2. The third-order valence-electron chi connectivity index (χ3n) is 25.2. The van der Waals surface area contributed by atoms with Gasteiger partial charge in [-0.3, -0.25) is 67.8 Å². The Hall–Kier alpha value is -11.6. The lowest BCUT2D eigenvalue weighted by molar-refractivity contribution is -0.202. The van der Waals surface area contributed by atoms with Crippen molar-refractivity contribution >= 4 is 74.3 Å². The number of fused-ring (bicyclic) bond motifs is 6. The van der Waals surface area contributed by atoms with Crippen LogP contribution < -0.4 is 40.7 Å². The summed E-state index contributed by atoms with van der Waals surface area (Å²) in [5.74, 6) is 1.18. The molecule has 36 heteroatoms. The SMILES string of the molecule is CC(C)C(C(C)C)P(CC(=O)OC(C)(C)CC#N)N(C(C)C)C(C)C.COc1ccc(C(OC[C@]23COC(C2OP(CC(=O)OC(C)(C)CC#N)N(C(C)C)C(C)C)[C@H](n2cnc4c(=O)[nH]c(NC(=O)C(C)C)nc42)O3)(c2ccccc2)c2ccc(OC)cc2)cc1.[CH2+]C(C)C(=O)Nc1nc2c(ncn2[C@@H]2O[C@@]3(COC(c4ccccc4)(c4ccc(OC)cc4)c4ccc(OC)cc4)CO[C@@H]2[C@@H]3O)c(=O)[nH]1. The fraction of sp³-hybridized carbons (Fsp3) is 0.495. The first-order chi connectivity index (χ1) is 67.0. The monoisotopic (exact) mass is 1970 g/mol. The zero-order chi connectivity index (χ0) is 103. The van der Waals surface area contributed by atoms with Crippen molar-refractivity contribution < 1.29 is 85.7 Å². The molecule has 6 aromatic carbocycles. The zero-order valence-electron chi connectivity index (χ0n) is 84.8. The quantitative estimate of drug-likeness (QED) is 0.0103. The van der Waals surface area contributed by atoms with Crippen molar-refractivity contribution in [3.05, 3.63) is 231 Å². The minimum absolute atomic E-state index is 0.00819. The summed E-state index contributed by atoms with van der Waals surface area (Å²) < 4.78 is 90.0. The van der Waals surface area contributed by atoms with E-state index in [-0.39, 0.29) is 110 Å². The molecule has 0 radical (unpaired) electrons. The Morgan fingerprint density at radius 1 is 0.518 bits per heavy atom. The smallest absolute Gasteiger partial charge is 0.314 e. The van der Waals surface area contributed by atoms with Crippen molar-refractivity contribution in [1.82, 2.24) is 48.4 Å². The summed E-state index contributed by atoms with van der Waals surface area (Å²) in [6, 6.07) is 55.1. The molecule has 5 N–H and O–H groups in total. The second-order valence-electron chi connectivity index (χ2n) is 39.1. The summed E-state index contributed by atoms with van der Waals surface area (Å²) in [7, 11) is 3.99. The molecule has 0 saturated carbocycles. The number of ether oxygens (including phenoxy) is 12. The molecule has 34 nitrogen and oxygen atoms in total. The highest BCUT2D eigenvalue weighted by molar-refractivity contribution is 7.57. The second kappa shape index (κ2) is 46.2. The molecule has 4 bridgehead atoms. The van der Waals surface area contributed by atoms with Crippen molar-refractivity contribution in [2.24, 2.45) is 23.7 Å². The average molecular weight is 1980 g/mol. The molecule has 4 aliphatic heterocycles. The molecule has 4 fully saturated rings. The third-order valence-corrected chi connectivity index (χ3v) is 31.6. The molecule has 11 atom stereocenters. The molecule has 8 heterocycles. The number of hydrogen-bond acceptors (Lipinski definition) is 28. The molecule has 5 unspecified atom stereocenters. The van der Waals surface area contributed by atoms with E-state index < -0.39 is 116 Å². The standard InChI is InChI=1S/C49H60N7O10P.C36H35N5O8.C20H39N2O2P/c1-30(2)43(58)53-46-52-42-39(44(59)54-46)51-29-55(42)45-40-41(66-67(56(31(3)4)32(5)6)26-38(57)64-47(7,8)24-25-50)48(65-45,27-62-40)28-63-49(33-14-12-11-13-15-33,34-16-20-36(60-9)21-17-34)35-18-22-37(61-10)23-19-35;1-21(2)31(43)39-34-38-30-27(32(44)40-34)37-20-41(30)33-28-29(42)35(49-33,18-47-28)19-48-36(22-8-6-5-7-9-22,23-10-14-25(45-3)15-11-23)24-12-16-26(46-4)17-13-24;1-14(2)19(15(3)4)25(22(16(5)6)17(7)8)13-18(23)24-20(9,10)11-12-21/h11-23,29-32,40-41,45H,24,26-28H2,1-10H3,(H2,52,53,54,58,59);5-17,20-21,28-29,33,42H,1,18-19H2,2-4H3,(H-,38,39,40,43,44);14-17,19H,11,13H2,1-10H3/p+1/t40?,41?,45-,48-,67?;21?,28-,29+,33-,35-;/m11./s1. The van der Waals surface area contributed by atoms with Crippen molar-refractivity contribution in [2.45, 2.75) is 245 Å². The first-order valence-electron chi connectivity index (χ1n) is 47.6. The van der Waals surface area contributed by atoms with Crippen LogP contribution in [0.4, 0.5) is 11.9 Å². The number of imidazole rings is 2. The highest BCUT2D eigenvalue weighted by atomic mass is 31.2. The first kappa shape index (κ1) is 108. The van der Waals surface area contributed by atoms with Crippen LogP contribution >= 0.6 is 16.4 Å². The highest BCUT2D eigenvalue weighted by Gasteiger charge is 2.66. The molecule has 141 heavy (non-hydrogen) atoms. The van der Waals surface area contributed by atoms with Crippen molar-refractivity contribution in [2.75, 3.05) is 77.8 Å². The zero-order valence-corrected chi connectivity index (χ0v) is 86.5. The van der Waals surface area contributed by atoms with Crippen LogP contribution in [0.2, 0.25) is 0 Å². The van der Waals surface area contributed by atoms with Gasteiger partial charge >= 0.3 is 11.9 Å². The summed E-state index contributed by atoms with van der Waals surface area (Å²) in [4.78, 5) is 101. The maximum Gasteiger partial charge on any atom is 0.314 e. The lowest BCUT2D eigenvalue weighted by Crippen LogP contribution is -2.49. The molecule has 0 aliphatic carbocycles. The van der Waals surface area contributed by atoms with Crippen molar-refractivity contribution in [3.8, 4) is 35.1 Å². The molecule has 754 valence electrons. The summed E-state index contributed by atoms with van der Waals surface area (Å²) in [5.41, 5.74) is -2.26. The molecular weight excluding hydrogens is 1840 g/mol. The second-order valence-corrected chi connectivity index (χ2v) is 43.1. The van der Waals surface area contributed by atoms with Gasteiger partial charge in [-0.1, -0.05) is 151 Å². The number of esters is 2. The number of methoxy groups -OCH3 is 4. The number of aliphatic hydroxyl groups is 1. The summed E-state index contributed by atoms with van der Waals surface area (Å²) in [5, 5.41) is 35.4. The number of nitrogens with zero attached hydrogens (tertiary/aromatic N) is 10. The van der Waals surface area contributed by atoms with Crippen molar-refractivity contribution in [3.63, 3.8) is 0 Å². The number of nitrogens with one attached hydrogen (secondary N) is 4. The van der Waals surface area contributed by atoms with Gasteiger partial charge in [-0.15, -0.1) is 0 Å². The normalized spacial score (nSPS) is 19.7. The third kappa shape index (κ3) is 24.0. The van der Waals surface area contributed by atoms with Gasteiger partial charge in [0.05, 0.1) is 106 Å². The number of benzene rings is 6. The Labute approximate surface area is 827 Å². The van der Waals surface area contributed by atoms with Gasteiger partial charge in [0.2, 0.25) is 17.8 Å². The largest absolute Gasteiger partial charge is 0.497 e. The van der Waals surface area contributed by atoms with Crippen LogP contribution in [0.3, 0.4) is 0 Å². The Morgan fingerprint density at radius 3 is 1.24 bits per heavy atom. The van der Waals surface area contributed by atoms with Crippen molar-refractivity contribution in [1.29, 1.82) is 10.5 Å². The highest BCUT2D eigenvalue weighted by Crippen LogP contribution is 2.58. The van der Waals surface area contributed by atoms with Crippen LogP contribution in [0, 0.1) is 53.3 Å². The van der Waals surface area contributed by atoms with Gasteiger partial charge < -0.3 is 66.5 Å². The van der Waals surface area contributed by atoms with E-state index >= 15 is 0 Å². The van der Waals surface area contributed by atoms with Gasteiger partial charge in [0.15, 0.2) is 40.7 Å². The van der Waals surface area contributed by atoms with Gasteiger partial charge in [-0.25, -0.2) is 9.97 Å². The van der Waals surface area contributed by atoms with E-state index in [4.69, 9.17) is 66.6 Å². The molecule has 4 saturated heterocycles. The lowest BCUT2D eigenvalue weighted by Gasteiger charge is -2.45. The Kier molecular flexibility index (Phi) is 35.5. The van der Waals surface area contributed by atoms with E-state index in [0.717, 1.165) is 33.4 Å². The van der Waals surface area contributed by atoms with Crippen LogP contribution in [-0.4, -0.2) is 221 Å². The molecule has 4 aliphatic rings. The summed E-state index contributed by atoms with van der Waals surface area (Å²) in [6.07, 6.45) is -2.16. The number of carbonyl (C=O) groups is 4. The van der Waals surface area contributed by atoms with Gasteiger partial charge in [0.25, 0.3) is 17.0 Å². The van der Waals surface area contributed by atoms with E-state index in [2.05, 4.69) is 124 Å². The number of hydrogen-bond donors (Lipinski definition) is 5. The van der Waals surface area contributed by atoms with Gasteiger partial charge in [-0.2, -0.15) is 20.5 Å². The molecular formula is C105H135N14O20P2+. The number of aromatic nitrogens is 8. The number of amides is 2. The molecule has 14 rings (SSSR count). The topological polar surface area (TPSA) is 414 Å². The number of aromatic amines is 2. The predicted molar refractivity (Wildman–Crippen MR) is 538 cm³/mol. The Bertz CT molecular complexity index is 5970. The maximum atomic E-state index is 13.9. The van der Waals surface area contributed by atoms with Crippen LogP contribution in [0.15, 0.2) is 180 Å².